The molecule has 2 nitrogen and oxygen atoms in total. The largest absolute Gasteiger partial charge is 0.396 e. The maximum Gasteiger partial charge on any atom is 0.146 e. The third kappa shape index (κ3) is 3.19. The molecule has 2 aromatic rings. The van der Waals surface area contributed by atoms with Crippen LogP contribution in [0.15, 0.2) is 30.3 Å². The van der Waals surface area contributed by atoms with E-state index in [9.17, 15) is 4.39 Å². The van der Waals surface area contributed by atoms with Crippen molar-refractivity contribution in [2.45, 2.75) is 13.1 Å². The maximum atomic E-state index is 13.2. The predicted molar refractivity (Wildman–Crippen MR) is 70.7 cm³/mol. The SMILES string of the molecule is Nc1c(F)cccc1CNCc1ccc(Cl)s1. The number of anilines is 1. The number of nitrogen functional groups attached to an aromatic ring is 1. The molecule has 0 saturated carbocycles. The van der Waals surface area contributed by atoms with Gasteiger partial charge in [-0.15, -0.1) is 11.3 Å². The normalized spacial score (nSPS) is 10.7. The van der Waals surface area contributed by atoms with Crippen molar-refractivity contribution in [1.82, 2.24) is 5.32 Å². The van der Waals surface area contributed by atoms with Gasteiger partial charge in [0.1, 0.15) is 5.82 Å². The predicted octanol–water partition coefficient (Wildman–Crippen LogP) is 3.41. The van der Waals surface area contributed by atoms with Crippen LogP contribution in [-0.2, 0) is 13.1 Å². The highest BCUT2D eigenvalue weighted by Crippen LogP contribution is 2.21. The molecule has 0 aliphatic rings. The standard InChI is InChI=1S/C12H12ClFN2S/c13-11-5-4-9(17-11)7-16-6-8-2-1-3-10(14)12(8)15/h1-5,16H,6-7,15H2. The molecule has 0 radical (unpaired) electrons. The number of hydrogen-bond acceptors (Lipinski definition) is 3. The summed E-state index contributed by atoms with van der Waals surface area (Å²) in [5.41, 5.74) is 6.62. The van der Waals surface area contributed by atoms with Crippen molar-refractivity contribution in [3.8, 4) is 0 Å². The van der Waals surface area contributed by atoms with Crippen molar-refractivity contribution < 1.29 is 4.39 Å². The Bertz CT molecular complexity index is 513. The van der Waals surface area contributed by atoms with Crippen molar-refractivity contribution in [3.63, 3.8) is 0 Å². The van der Waals surface area contributed by atoms with Gasteiger partial charge in [0.25, 0.3) is 0 Å². The van der Waals surface area contributed by atoms with E-state index >= 15 is 0 Å². The van der Waals surface area contributed by atoms with E-state index < -0.39 is 0 Å². The van der Waals surface area contributed by atoms with E-state index in [0.717, 1.165) is 14.8 Å². The first-order valence-corrected chi connectivity index (χ1v) is 6.34. The van der Waals surface area contributed by atoms with Crippen molar-refractivity contribution >= 4 is 28.6 Å². The molecule has 1 aromatic carbocycles. The van der Waals surface area contributed by atoms with Gasteiger partial charge in [-0.3, -0.25) is 0 Å². The first kappa shape index (κ1) is 12.4. The van der Waals surface area contributed by atoms with E-state index in [1.54, 1.807) is 6.07 Å². The highest BCUT2D eigenvalue weighted by Gasteiger charge is 2.04. The molecule has 1 aromatic heterocycles. The summed E-state index contributed by atoms with van der Waals surface area (Å²) in [5, 5.41) is 3.20. The first-order valence-electron chi connectivity index (χ1n) is 5.14. The minimum Gasteiger partial charge on any atom is -0.396 e. The second-order valence-corrected chi connectivity index (χ2v) is 5.42. The van der Waals surface area contributed by atoms with Crippen molar-refractivity contribution in [2.24, 2.45) is 0 Å². The Morgan fingerprint density at radius 2 is 2.06 bits per heavy atom. The summed E-state index contributed by atoms with van der Waals surface area (Å²) in [6, 6.07) is 8.66. The van der Waals surface area contributed by atoms with Gasteiger partial charge in [0.2, 0.25) is 0 Å². The van der Waals surface area contributed by atoms with Crippen LogP contribution in [-0.4, -0.2) is 0 Å². The zero-order chi connectivity index (χ0) is 12.3. The van der Waals surface area contributed by atoms with E-state index in [4.69, 9.17) is 17.3 Å². The summed E-state index contributed by atoms with van der Waals surface area (Å²) in [4.78, 5) is 1.14. The summed E-state index contributed by atoms with van der Waals surface area (Å²) < 4.78 is 13.9. The molecule has 0 spiro atoms. The van der Waals surface area contributed by atoms with Gasteiger partial charge >= 0.3 is 0 Å². The van der Waals surface area contributed by atoms with Crippen LogP contribution in [0.4, 0.5) is 10.1 Å². The lowest BCUT2D eigenvalue weighted by Gasteiger charge is -2.07. The van der Waals surface area contributed by atoms with E-state index in [1.807, 2.05) is 18.2 Å². The van der Waals surface area contributed by atoms with Gasteiger partial charge in [-0.05, 0) is 23.8 Å². The molecule has 0 aliphatic heterocycles. The number of benzene rings is 1. The molecule has 0 unspecified atom stereocenters. The number of para-hydroxylation sites is 1. The third-order valence-corrected chi connectivity index (χ3v) is 3.62. The summed E-state index contributed by atoms with van der Waals surface area (Å²) >= 11 is 7.35. The Hall–Kier alpha value is -1.10. The fraction of sp³-hybridized carbons (Fsp3) is 0.167. The Morgan fingerprint density at radius 3 is 2.76 bits per heavy atom. The van der Waals surface area contributed by atoms with Crippen LogP contribution in [0.1, 0.15) is 10.4 Å². The number of nitrogens with one attached hydrogen (secondary N) is 1. The molecule has 90 valence electrons. The quantitative estimate of drug-likeness (QED) is 0.836. The molecule has 17 heavy (non-hydrogen) atoms. The molecule has 0 amide bonds. The fourth-order valence-electron chi connectivity index (χ4n) is 1.50. The Kier molecular flexibility index (Phi) is 3.99. The Labute approximate surface area is 108 Å². The average Bonchev–Trinajstić information content (AvgIpc) is 2.70. The monoisotopic (exact) mass is 270 g/mol. The molecular weight excluding hydrogens is 259 g/mol. The van der Waals surface area contributed by atoms with Gasteiger partial charge in [0, 0.05) is 18.0 Å². The topological polar surface area (TPSA) is 38.0 Å². The number of rotatable bonds is 4. The molecule has 2 rings (SSSR count). The van der Waals surface area contributed by atoms with Gasteiger partial charge in [-0.1, -0.05) is 23.7 Å². The van der Waals surface area contributed by atoms with Gasteiger partial charge < -0.3 is 11.1 Å². The fourth-order valence-corrected chi connectivity index (χ4v) is 2.56. The van der Waals surface area contributed by atoms with Crippen LogP contribution in [0.25, 0.3) is 0 Å². The lowest BCUT2D eigenvalue weighted by Crippen LogP contribution is -2.13. The van der Waals surface area contributed by atoms with Crippen molar-refractivity contribution in [1.29, 1.82) is 0 Å². The lowest BCUT2D eigenvalue weighted by molar-refractivity contribution is 0.626. The highest BCUT2D eigenvalue weighted by atomic mass is 35.5. The zero-order valence-electron chi connectivity index (χ0n) is 9.04. The molecule has 0 bridgehead atoms. The second kappa shape index (κ2) is 5.49. The third-order valence-electron chi connectivity index (χ3n) is 2.39. The van der Waals surface area contributed by atoms with Gasteiger partial charge in [-0.2, -0.15) is 0 Å². The molecule has 0 saturated heterocycles. The lowest BCUT2D eigenvalue weighted by atomic mass is 10.1. The Balaban J connectivity index is 1.92. The highest BCUT2D eigenvalue weighted by molar-refractivity contribution is 7.16. The van der Waals surface area contributed by atoms with E-state index in [2.05, 4.69) is 5.32 Å². The first-order chi connectivity index (χ1) is 8.16. The van der Waals surface area contributed by atoms with Crippen LogP contribution >= 0.6 is 22.9 Å². The molecular formula is C12H12ClFN2S. The van der Waals surface area contributed by atoms with Crippen LogP contribution in [0.2, 0.25) is 4.34 Å². The molecule has 5 heteroatoms. The van der Waals surface area contributed by atoms with E-state index in [0.29, 0.717) is 13.1 Å². The molecule has 3 N–H and O–H groups in total. The van der Waals surface area contributed by atoms with Gasteiger partial charge in [0.15, 0.2) is 0 Å². The maximum absolute atomic E-state index is 13.2. The second-order valence-electron chi connectivity index (χ2n) is 3.62. The summed E-state index contributed by atoms with van der Waals surface area (Å²) in [6.07, 6.45) is 0. The zero-order valence-corrected chi connectivity index (χ0v) is 10.6. The van der Waals surface area contributed by atoms with Crippen LogP contribution < -0.4 is 11.1 Å². The smallest absolute Gasteiger partial charge is 0.146 e. The van der Waals surface area contributed by atoms with Crippen LogP contribution in [0.5, 0.6) is 0 Å². The summed E-state index contributed by atoms with van der Waals surface area (Å²) in [6.45, 7) is 1.24. The molecule has 0 fully saturated rings. The van der Waals surface area contributed by atoms with Gasteiger partial charge in [0.05, 0.1) is 10.0 Å². The minimum absolute atomic E-state index is 0.212. The molecule has 0 atom stereocenters. The number of hydrogen-bond donors (Lipinski definition) is 2. The van der Waals surface area contributed by atoms with E-state index in [1.165, 1.54) is 17.4 Å². The molecule has 1 heterocycles. The van der Waals surface area contributed by atoms with Crippen molar-refractivity contribution in [3.05, 3.63) is 50.9 Å². The number of halogens is 2. The van der Waals surface area contributed by atoms with Crippen LogP contribution in [0.3, 0.4) is 0 Å². The average molecular weight is 271 g/mol. The number of thiophene rings is 1. The Morgan fingerprint density at radius 1 is 1.24 bits per heavy atom. The number of nitrogens with two attached hydrogens (primary N) is 1. The minimum atomic E-state index is -0.372. The van der Waals surface area contributed by atoms with Crippen molar-refractivity contribution in [2.75, 3.05) is 5.73 Å². The van der Waals surface area contributed by atoms with E-state index in [-0.39, 0.29) is 11.5 Å². The molecule has 0 aliphatic carbocycles. The summed E-state index contributed by atoms with van der Waals surface area (Å²) in [7, 11) is 0. The van der Waals surface area contributed by atoms with Gasteiger partial charge in [-0.25, -0.2) is 4.39 Å². The van der Waals surface area contributed by atoms with Crippen LogP contribution in [0, 0.1) is 5.82 Å². The summed E-state index contributed by atoms with van der Waals surface area (Å²) in [5.74, 6) is -0.372.